The molecule has 2 aromatic heterocycles. The summed E-state index contributed by atoms with van der Waals surface area (Å²) in [6.07, 6.45) is 2.05. The molecule has 0 aliphatic carbocycles. The SMILES string of the molecule is COc1ccnc(NNC(=O)c2sc(Cc3ccc(F)cc3)nc2C)n1. The number of ether oxygens (including phenoxy) is 1. The Bertz CT molecular complexity index is 914. The minimum absolute atomic E-state index is 0.214. The van der Waals surface area contributed by atoms with Gasteiger partial charge in [0.1, 0.15) is 10.7 Å². The molecule has 1 amide bonds. The molecular weight excluding hydrogens is 357 g/mol. The van der Waals surface area contributed by atoms with Gasteiger partial charge >= 0.3 is 0 Å². The van der Waals surface area contributed by atoms with E-state index in [-0.39, 0.29) is 17.7 Å². The Kier molecular flexibility index (Phi) is 5.37. The molecule has 0 atom stereocenters. The molecule has 0 radical (unpaired) electrons. The second-order valence-corrected chi connectivity index (χ2v) is 6.41. The number of anilines is 1. The summed E-state index contributed by atoms with van der Waals surface area (Å²) in [6, 6.07) is 7.81. The van der Waals surface area contributed by atoms with Gasteiger partial charge < -0.3 is 4.74 Å². The van der Waals surface area contributed by atoms with Gasteiger partial charge in [0.05, 0.1) is 17.8 Å². The minimum atomic E-state index is -0.336. The number of aryl methyl sites for hydroxylation is 1. The molecule has 3 aromatic rings. The average molecular weight is 373 g/mol. The van der Waals surface area contributed by atoms with Crippen molar-refractivity contribution in [3.8, 4) is 5.88 Å². The number of hydrogen-bond acceptors (Lipinski definition) is 7. The van der Waals surface area contributed by atoms with E-state index in [0.717, 1.165) is 10.6 Å². The normalized spacial score (nSPS) is 10.4. The minimum Gasteiger partial charge on any atom is -0.481 e. The fourth-order valence-corrected chi connectivity index (χ4v) is 3.20. The maximum absolute atomic E-state index is 13.0. The quantitative estimate of drug-likeness (QED) is 0.646. The van der Waals surface area contributed by atoms with Crippen LogP contribution < -0.4 is 15.6 Å². The second kappa shape index (κ2) is 7.87. The number of hydrazine groups is 1. The van der Waals surface area contributed by atoms with Gasteiger partial charge in [-0.3, -0.25) is 15.6 Å². The van der Waals surface area contributed by atoms with Crippen molar-refractivity contribution in [2.75, 3.05) is 12.5 Å². The van der Waals surface area contributed by atoms with Gasteiger partial charge in [-0.2, -0.15) is 4.98 Å². The number of thiazole rings is 1. The maximum Gasteiger partial charge on any atom is 0.281 e. The van der Waals surface area contributed by atoms with Crippen molar-refractivity contribution in [1.82, 2.24) is 20.4 Å². The molecule has 0 saturated heterocycles. The summed E-state index contributed by atoms with van der Waals surface area (Å²) < 4.78 is 18.0. The molecule has 2 N–H and O–H groups in total. The topological polar surface area (TPSA) is 89.0 Å². The first-order chi connectivity index (χ1) is 12.5. The Morgan fingerprint density at radius 3 is 2.73 bits per heavy atom. The molecule has 0 unspecified atom stereocenters. The Morgan fingerprint density at radius 1 is 1.23 bits per heavy atom. The van der Waals surface area contributed by atoms with E-state index in [2.05, 4.69) is 25.8 Å². The van der Waals surface area contributed by atoms with Crippen LogP contribution in [0.3, 0.4) is 0 Å². The van der Waals surface area contributed by atoms with Gasteiger partial charge in [-0.15, -0.1) is 11.3 Å². The van der Waals surface area contributed by atoms with Crippen LogP contribution in [0.2, 0.25) is 0 Å². The van der Waals surface area contributed by atoms with Crippen molar-refractivity contribution in [1.29, 1.82) is 0 Å². The summed E-state index contributed by atoms with van der Waals surface area (Å²) in [6.45, 7) is 1.77. The smallest absolute Gasteiger partial charge is 0.281 e. The molecule has 0 spiro atoms. The highest BCUT2D eigenvalue weighted by Gasteiger charge is 2.16. The molecule has 0 saturated carbocycles. The molecule has 134 valence electrons. The van der Waals surface area contributed by atoms with E-state index >= 15 is 0 Å². The van der Waals surface area contributed by atoms with Crippen molar-refractivity contribution >= 4 is 23.2 Å². The van der Waals surface area contributed by atoms with Crippen LogP contribution in [0.1, 0.15) is 25.9 Å². The third kappa shape index (κ3) is 4.31. The van der Waals surface area contributed by atoms with Crippen molar-refractivity contribution < 1.29 is 13.9 Å². The largest absolute Gasteiger partial charge is 0.481 e. The van der Waals surface area contributed by atoms with Crippen molar-refractivity contribution in [3.05, 3.63) is 63.5 Å². The second-order valence-electron chi connectivity index (χ2n) is 5.33. The molecule has 26 heavy (non-hydrogen) atoms. The number of halogens is 1. The van der Waals surface area contributed by atoms with Crippen molar-refractivity contribution in [2.45, 2.75) is 13.3 Å². The van der Waals surface area contributed by atoms with Crippen molar-refractivity contribution in [3.63, 3.8) is 0 Å². The molecule has 0 bridgehead atoms. The monoisotopic (exact) mass is 373 g/mol. The molecule has 3 rings (SSSR count). The van der Waals surface area contributed by atoms with Crippen LogP contribution in [0.5, 0.6) is 5.88 Å². The highest BCUT2D eigenvalue weighted by molar-refractivity contribution is 7.13. The number of benzene rings is 1. The van der Waals surface area contributed by atoms with Crippen LogP contribution in [0.4, 0.5) is 10.3 Å². The first kappa shape index (κ1) is 17.7. The van der Waals surface area contributed by atoms with Gasteiger partial charge in [0, 0.05) is 18.7 Å². The zero-order valence-electron chi connectivity index (χ0n) is 14.1. The van der Waals surface area contributed by atoms with Gasteiger partial charge in [-0.1, -0.05) is 12.1 Å². The summed E-state index contributed by atoms with van der Waals surface area (Å²) in [5.41, 5.74) is 6.74. The Hall–Kier alpha value is -3.07. The molecule has 2 heterocycles. The number of nitrogens with one attached hydrogen (secondary N) is 2. The third-order valence-electron chi connectivity index (χ3n) is 3.44. The van der Waals surface area contributed by atoms with E-state index in [0.29, 0.717) is 22.9 Å². The van der Waals surface area contributed by atoms with Crippen LogP contribution in [-0.4, -0.2) is 28.0 Å². The molecule has 9 heteroatoms. The average Bonchev–Trinajstić information content (AvgIpc) is 3.02. The number of aromatic nitrogens is 3. The van der Waals surface area contributed by atoms with Gasteiger partial charge in [-0.05, 0) is 24.6 Å². The highest BCUT2D eigenvalue weighted by atomic mass is 32.1. The Balaban J connectivity index is 1.65. The van der Waals surface area contributed by atoms with E-state index < -0.39 is 0 Å². The Morgan fingerprint density at radius 2 is 2.00 bits per heavy atom. The zero-order valence-corrected chi connectivity index (χ0v) is 14.9. The van der Waals surface area contributed by atoms with Crippen LogP contribution in [0.25, 0.3) is 0 Å². The number of rotatable bonds is 6. The summed E-state index contributed by atoms with van der Waals surface area (Å²) in [5, 5.41) is 0.775. The van der Waals surface area contributed by atoms with Crippen LogP contribution >= 0.6 is 11.3 Å². The lowest BCUT2D eigenvalue weighted by Crippen LogP contribution is -2.30. The predicted molar refractivity (Wildman–Crippen MR) is 95.7 cm³/mol. The third-order valence-corrected chi connectivity index (χ3v) is 4.60. The number of carbonyl (C=O) groups is 1. The Labute approximate surface area is 153 Å². The summed E-state index contributed by atoms with van der Waals surface area (Å²) in [7, 11) is 1.49. The lowest BCUT2D eigenvalue weighted by molar-refractivity contribution is 0.0965. The van der Waals surface area contributed by atoms with Gasteiger partial charge in [0.25, 0.3) is 5.91 Å². The molecule has 0 fully saturated rings. The first-order valence-electron chi connectivity index (χ1n) is 7.69. The zero-order chi connectivity index (χ0) is 18.5. The summed E-state index contributed by atoms with van der Waals surface area (Å²) in [5.74, 6) is -0.0227. The highest BCUT2D eigenvalue weighted by Crippen LogP contribution is 2.21. The van der Waals surface area contributed by atoms with E-state index in [9.17, 15) is 9.18 Å². The molecular formula is C17H16FN5O2S. The van der Waals surface area contributed by atoms with E-state index in [4.69, 9.17) is 4.74 Å². The van der Waals surface area contributed by atoms with Crippen LogP contribution in [-0.2, 0) is 6.42 Å². The lowest BCUT2D eigenvalue weighted by atomic mass is 10.1. The molecule has 1 aromatic carbocycles. The van der Waals surface area contributed by atoms with E-state index in [1.807, 2.05) is 0 Å². The maximum atomic E-state index is 13.0. The summed E-state index contributed by atoms with van der Waals surface area (Å²) in [4.78, 5) is 25.3. The standard InChI is InChI=1S/C17H16FN5O2S/c1-10-15(16(24)22-23-17-19-8-7-13(21-17)25-2)26-14(20-10)9-11-3-5-12(18)6-4-11/h3-8H,9H2,1-2H3,(H,22,24)(H,19,21,23). The number of methoxy groups -OCH3 is 1. The number of carbonyl (C=O) groups excluding carboxylic acids is 1. The number of hydrogen-bond donors (Lipinski definition) is 2. The number of amides is 1. The molecule has 7 nitrogen and oxygen atoms in total. The predicted octanol–water partition coefficient (Wildman–Crippen LogP) is 2.74. The fraction of sp³-hybridized carbons (Fsp3) is 0.176. The van der Waals surface area contributed by atoms with Gasteiger partial charge in [0.15, 0.2) is 0 Å². The molecule has 0 aliphatic rings. The van der Waals surface area contributed by atoms with Crippen LogP contribution in [0, 0.1) is 12.7 Å². The first-order valence-corrected chi connectivity index (χ1v) is 8.51. The lowest BCUT2D eigenvalue weighted by Gasteiger charge is -2.06. The number of nitrogens with zero attached hydrogens (tertiary/aromatic N) is 3. The van der Waals surface area contributed by atoms with E-state index in [1.54, 1.807) is 25.1 Å². The van der Waals surface area contributed by atoms with E-state index in [1.165, 1.54) is 36.8 Å². The van der Waals surface area contributed by atoms with Gasteiger partial charge in [0.2, 0.25) is 11.8 Å². The van der Waals surface area contributed by atoms with Crippen molar-refractivity contribution in [2.24, 2.45) is 0 Å². The van der Waals surface area contributed by atoms with Gasteiger partial charge in [-0.25, -0.2) is 14.4 Å². The van der Waals surface area contributed by atoms with Crippen LogP contribution in [0.15, 0.2) is 36.5 Å². The molecule has 0 aliphatic heterocycles. The fourth-order valence-electron chi connectivity index (χ4n) is 2.20. The summed E-state index contributed by atoms with van der Waals surface area (Å²) >= 11 is 1.29.